The molecular formula is C22H24FN3O2. The number of furan rings is 1. The fourth-order valence-electron chi connectivity index (χ4n) is 3.77. The number of carbonyl (C=O) groups excluding carboxylic acids is 1. The minimum Gasteiger partial charge on any atom is -0.464 e. The number of benzene rings is 1. The molecule has 2 heterocycles. The van der Waals surface area contributed by atoms with E-state index in [1.165, 1.54) is 12.1 Å². The first-order valence-electron chi connectivity index (χ1n) is 9.67. The number of rotatable bonds is 5. The number of aromatic nitrogens is 2. The van der Waals surface area contributed by atoms with Crippen molar-refractivity contribution in [3.63, 3.8) is 0 Å². The maximum absolute atomic E-state index is 13.4. The highest BCUT2D eigenvalue weighted by Crippen LogP contribution is 2.29. The van der Waals surface area contributed by atoms with E-state index in [-0.39, 0.29) is 17.8 Å². The van der Waals surface area contributed by atoms with Gasteiger partial charge in [0, 0.05) is 17.3 Å². The van der Waals surface area contributed by atoms with E-state index in [2.05, 4.69) is 5.10 Å². The SMILES string of the molecule is Cc1ccc(CN(C(=O)c2nn(-c3ccc(F)cc3)c3c2CCC3)C(C)C)o1. The van der Waals surface area contributed by atoms with Gasteiger partial charge in [0.15, 0.2) is 5.69 Å². The Morgan fingerprint density at radius 3 is 2.61 bits per heavy atom. The van der Waals surface area contributed by atoms with Crippen LogP contribution in [-0.2, 0) is 19.4 Å². The second-order valence-corrected chi connectivity index (χ2v) is 7.55. The summed E-state index contributed by atoms with van der Waals surface area (Å²) < 4.78 is 20.8. The van der Waals surface area contributed by atoms with Crippen molar-refractivity contribution in [2.24, 2.45) is 0 Å². The normalized spacial score (nSPS) is 13.2. The lowest BCUT2D eigenvalue weighted by atomic mass is 10.1. The first kappa shape index (κ1) is 18.5. The van der Waals surface area contributed by atoms with Gasteiger partial charge in [0.2, 0.25) is 0 Å². The van der Waals surface area contributed by atoms with Crippen molar-refractivity contribution in [2.75, 3.05) is 0 Å². The largest absolute Gasteiger partial charge is 0.464 e. The van der Waals surface area contributed by atoms with Gasteiger partial charge in [0.25, 0.3) is 5.91 Å². The molecule has 1 aliphatic carbocycles. The van der Waals surface area contributed by atoms with E-state index in [0.717, 1.165) is 47.7 Å². The summed E-state index contributed by atoms with van der Waals surface area (Å²) in [4.78, 5) is 15.2. The summed E-state index contributed by atoms with van der Waals surface area (Å²) in [6.07, 6.45) is 2.70. The summed E-state index contributed by atoms with van der Waals surface area (Å²) in [5, 5.41) is 4.65. The molecule has 0 saturated heterocycles. The quantitative estimate of drug-likeness (QED) is 0.656. The van der Waals surface area contributed by atoms with Crippen LogP contribution in [0, 0.1) is 12.7 Å². The van der Waals surface area contributed by atoms with Crippen molar-refractivity contribution in [1.82, 2.24) is 14.7 Å². The Morgan fingerprint density at radius 1 is 1.21 bits per heavy atom. The Hall–Kier alpha value is -2.89. The van der Waals surface area contributed by atoms with Crippen LogP contribution in [0.4, 0.5) is 4.39 Å². The molecule has 0 bridgehead atoms. The van der Waals surface area contributed by atoms with Crippen molar-refractivity contribution < 1.29 is 13.6 Å². The van der Waals surface area contributed by atoms with Gasteiger partial charge in [0.05, 0.1) is 12.2 Å². The van der Waals surface area contributed by atoms with E-state index >= 15 is 0 Å². The maximum atomic E-state index is 13.4. The lowest BCUT2D eigenvalue weighted by Crippen LogP contribution is -2.37. The Bertz CT molecular complexity index is 1000. The molecule has 1 aliphatic rings. The van der Waals surface area contributed by atoms with Gasteiger partial charge < -0.3 is 9.32 Å². The third kappa shape index (κ3) is 3.35. The first-order valence-corrected chi connectivity index (χ1v) is 9.67. The van der Waals surface area contributed by atoms with E-state index in [0.29, 0.717) is 12.2 Å². The molecule has 0 aliphatic heterocycles. The molecule has 0 radical (unpaired) electrons. The Balaban J connectivity index is 1.70. The van der Waals surface area contributed by atoms with Crippen LogP contribution in [0.5, 0.6) is 0 Å². The number of nitrogens with zero attached hydrogens (tertiary/aromatic N) is 3. The van der Waals surface area contributed by atoms with E-state index in [9.17, 15) is 9.18 Å². The van der Waals surface area contributed by atoms with Crippen LogP contribution < -0.4 is 0 Å². The molecule has 3 aromatic rings. The molecule has 28 heavy (non-hydrogen) atoms. The minimum atomic E-state index is -0.288. The van der Waals surface area contributed by atoms with Crippen LogP contribution in [0.3, 0.4) is 0 Å². The molecule has 6 heteroatoms. The summed E-state index contributed by atoms with van der Waals surface area (Å²) in [5.74, 6) is 1.20. The van der Waals surface area contributed by atoms with Gasteiger partial charge in [-0.15, -0.1) is 0 Å². The number of amides is 1. The van der Waals surface area contributed by atoms with Crippen LogP contribution in [-0.4, -0.2) is 26.6 Å². The molecule has 0 N–H and O–H groups in total. The van der Waals surface area contributed by atoms with Gasteiger partial charge in [-0.25, -0.2) is 9.07 Å². The second kappa shape index (κ2) is 7.26. The monoisotopic (exact) mass is 381 g/mol. The lowest BCUT2D eigenvalue weighted by Gasteiger charge is -2.25. The molecule has 1 aromatic carbocycles. The molecule has 0 atom stereocenters. The topological polar surface area (TPSA) is 51.3 Å². The predicted octanol–water partition coefficient (Wildman–Crippen LogP) is 4.45. The van der Waals surface area contributed by atoms with Gasteiger partial charge in [0.1, 0.15) is 17.3 Å². The fraction of sp³-hybridized carbons (Fsp3) is 0.364. The van der Waals surface area contributed by atoms with Gasteiger partial charge in [-0.3, -0.25) is 4.79 Å². The Morgan fingerprint density at radius 2 is 1.96 bits per heavy atom. The number of hydrogen-bond donors (Lipinski definition) is 0. The highest BCUT2D eigenvalue weighted by atomic mass is 19.1. The molecule has 2 aromatic heterocycles. The van der Waals surface area contributed by atoms with Gasteiger partial charge in [-0.1, -0.05) is 0 Å². The third-order valence-corrected chi connectivity index (χ3v) is 5.21. The van der Waals surface area contributed by atoms with Gasteiger partial charge in [-0.05, 0) is 76.4 Å². The van der Waals surface area contributed by atoms with Crippen molar-refractivity contribution >= 4 is 5.91 Å². The van der Waals surface area contributed by atoms with Crippen LogP contribution in [0.15, 0.2) is 40.8 Å². The fourth-order valence-corrected chi connectivity index (χ4v) is 3.77. The van der Waals surface area contributed by atoms with Crippen molar-refractivity contribution in [3.8, 4) is 5.69 Å². The molecule has 0 spiro atoms. The lowest BCUT2D eigenvalue weighted by molar-refractivity contribution is 0.0667. The molecular weight excluding hydrogens is 357 g/mol. The minimum absolute atomic E-state index is 0.00549. The molecule has 4 rings (SSSR count). The first-order chi connectivity index (χ1) is 13.4. The number of hydrogen-bond acceptors (Lipinski definition) is 3. The molecule has 1 amide bonds. The summed E-state index contributed by atoms with van der Waals surface area (Å²) in [5.41, 5.74) is 3.33. The Labute approximate surface area is 163 Å². The molecule has 146 valence electrons. The van der Waals surface area contributed by atoms with Crippen LogP contribution in [0.1, 0.15) is 53.5 Å². The number of aryl methyl sites for hydroxylation is 1. The van der Waals surface area contributed by atoms with Crippen molar-refractivity contribution in [1.29, 1.82) is 0 Å². The van der Waals surface area contributed by atoms with Crippen LogP contribution in [0.25, 0.3) is 5.69 Å². The van der Waals surface area contributed by atoms with Crippen LogP contribution in [0.2, 0.25) is 0 Å². The average molecular weight is 381 g/mol. The molecule has 0 saturated carbocycles. The smallest absolute Gasteiger partial charge is 0.275 e. The maximum Gasteiger partial charge on any atom is 0.275 e. The van der Waals surface area contributed by atoms with Crippen LogP contribution >= 0.6 is 0 Å². The molecule has 0 unspecified atom stereocenters. The highest BCUT2D eigenvalue weighted by molar-refractivity contribution is 5.94. The standard InChI is InChI=1S/C22H24FN3O2/c1-14(2)25(13-18-12-7-15(3)28-18)22(27)21-19-5-4-6-20(19)26(24-21)17-10-8-16(23)9-11-17/h7-12,14H,4-6,13H2,1-3H3. The summed E-state index contributed by atoms with van der Waals surface area (Å²) in [6.45, 7) is 6.28. The highest BCUT2D eigenvalue weighted by Gasteiger charge is 2.31. The zero-order valence-corrected chi connectivity index (χ0v) is 16.4. The second-order valence-electron chi connectivity index (χ2n) is 7.55. The summed E-state index contributed by atoms with van der Waals surface area (Å²) in [7, 11) is 0. The average Bonchev–Trinajstić information content (AvgIpc) is 3.36. The number of carbonyl (C=O) groups is 1. The van der Waals surface area contributed by atoms with E-state index in [1.807, 2.05) is 32.9 Å². The summed E-state index contributed by atoms with van der Waals surface area (Å²) in [6, 6.07) is 10.0. The van der Waals surface area contributed by atoms with E-state index in [4.69, 9.17) is 4.42 Å². The van der Waals surface area contributed by atoms with E-state index < -0.39 is 0 Å². The predicted molar refractivity (Wildman–Crippen MR) is 104 cm³/mol. The zero-order valence-electron chi connectivity index (χ0n) is 16.4. The van der Waals surface area contributed by atoms with Gasteiger partial charge in [-0.2, -0.15) is 5.10 Å². The molecule has 0 fully saturated rings. The summed E-state index contributed by atoms with van der Waals surface area (Å²) >= 11 is 0. The Kier molecular flexibility index (Phi) is 4.79. The van der Waals surface area contributed by atoms with E-state index in [1.54, 1.807) is 21.7 Å². The number of halogens is 1. The van der Waals surface area contributed by atoms with Crippen molar-refractivity contribution in [3.05, 3.63) is 70.7 Å². The third-order valence-electron chi connectivity index (χ3n) is 5.21. The molecule has 5 nitrogen and oxygen atoms in total. The van der Waals surface area contributed by atoms with Crippen molar-refractivity contribution in [2.45, 2.75) is 52.6 Å². The zero-order chi connectivity index (χ0) is 19.8. The number of fused-ring (bicyclic) bond motifs is 1. The van der Waals surface area contributed by atoms with Gasteiger partial charge >= 0.3 is 0 Å².